The van der Waals surface area contributed by atoms with Crippen LogP contribution < -0.4 is 4.74 Å². The Morgan fingerprint density at radius 2 is 2.23 bits per heavy atom. The van der Waals surface area contributed by atoms with E-state index in [4.69, 9.17) is 16.3 Å². The average molecular weight is 197 g/mol. The van der Waals surface area contributed by atoms with Crippen LogP contribution >= 0.6 is 11.6 Å². The van der Waals surface area contributed by atoms with Crippen LogP contribution in [-0.4, -0.2) is 23.0 Å². The molecule has 0 atom stereocenters. The van der Waals surface area contributed by atoms with Crippen molar-refractivity contribution in [1.29, 1.82) is 0 Å². The van der Waals surface area contributed by atoms with Gasteiger partial charge in [-0.2, -0.15) is 0 Å². The summed E-state index contributed by atoms with van der Waals surface area (Å²) in [7, 11) is 1.54. The molecule has 0 radical (unpaired) electrons. The molecule has 0 bridgehead atoms. The highest BCUT2D eigenvalue weighted by Gasteiger charge is 1.99. The lowest BCUT2D eigenvalue weighted by molar-refractivity contribution is 0.394. The Kier molecular flexibility index (Phi) is 4.07. The van der Waals surface area contributed by atoms with Crippen molar-refractivity contribution in [2.24, 2.45) is 0 Å². The van der Waals surface area contributed by atoms with Gasteiger partial charge in [0.25, 0.3) is 0 Å². The van der Waals surface area contributed by atoms with Crippen molar-refractivity contribution in [3.8, 4) is 17.7 Å². The van der Waals surface area contributed by atoms with Crippen LogP contribution in [0.1, 0.15) is 12.1 Å². The fourth-order valence-electron chi connectivity index (χ4n) is 0.754. The normalized spacial score (nSPS) is 8.77. The smallest absolute Gasteiger partial charge is 0.248 e. The first-order valence-corrected chi connectivity index (χ1v) is 4.31. The van der Waals surface area contributed by atoms with E-state index in [1.807, 2.05) is 0 Å². The van der Waals surface area contributed by atoms with Crippen molar-refractivity contribution in [3.63, 3.8) is 0 Å². The molecule has 1 rings (SSSR count). The second kappa shape index (κ2) is 5.39. The predicted octanol–water partition coefficient (Wildman–Crippen LogP) is 1.47. The van der Waals surface area contributed by atoms with E-state index in [1.165, 1.54) is 7.11 Å². The maximum Gasteiger partial charge on any atom is 0.248 e. The molecule has 0 aliphatic rings. The van der Waals surface area contributed by atoms with Gasteiger partial charge in [-0.05, 0) is 5.92 Å². The van der Waals surface area contributed by atoms with Crippen LogP contribution in [0.5, 0.6) is 5.88 Å². The van der Waals surface area contributed by atoms with Crippen LogP contribution in [0.25, 0.3) is 0 Å². The molecule has 3 nitrogen and oxygen atoms in total. The summed E-state index contributed by atoms with van der Waals surface area (Å²) in [6.07, 6.45) is 3.78. The fraction of sp³-hybridized carbons (Fsp3) is 0.333. The van der Waals surface area contributed by atoms with E-state index in [1.54, 1.807) is 12.4 Å². The van der Waals surface area contributed by atoms with Gasteiger partial charge in [-0.1, -0.05) is 5.92 Å². The molecule has 0 unspecified atom stereocenters. The molecule has 0 amide bonds. The van der Waals surface area contributed by atoms with Crippen molar-refractivity contribution in [2.75, 3.05) is 13.0 Å². The van der Waals surface area contributed by atoms with E-state index in [9.17, 15) is 0 Å². The minimum Gasteiger partial charge on any atom is -0.479 e. The van der Waals surface area contributed by atoms with Crippen LogP contribution in [0.15, 0.2) is 12.4 Å². The molecule has 4 heteroatoms. The molecule has 0 aliphatic carbocycles. The van der Waals surface area contributed by atoms with Crippen molar-refractivity contribution in [2.45, 2.75) is 6.42 Å². The lowest BCUT2D eigenvalue weighted by Crippen LogP contribution is -1.93. The highest BCUT2D eigenvalue weighted by molar-refractivity contribution is 6.18. The number of hydrogen-bond acceptors (Lipinski definition) is 3. The van der Waals surface area contributed by atoms with Crippen molar-refractivity contribution >= 4 is 11.6 Å². The Bertz CT molecular complexity index is 330. The average Bonchev–Trinajstić information content (AvgIpc) is 2.19. The number of methoxy groups -OCH3 is 1. The largest absolute Gasteiger partial charge is 0.479 e. The van der Waals surface area contributed by atoms with Gasteiger partial charge in [0.1, 0.15) is 0 Å². The molecule has 0 saturated carbocycles. The van der Waals surface area contributed by atoms with Gasteiger partial charge in [-0.25, -0.2) is 9.97 Å². The van der Waals surface area contributed by atoms with Crippen LogP contribution in [-0.2, 0) is 0 Å². The molecule has 1 aromatic heterocycles. The highest BCUT2D eigenvalue weighted by Crippen LogP contribution is 2.07. The number of nitrogens with zero attached hydrogens (tertiary/aromatic N) is 2. The van der Waals surface area contributed by atoms with Gasteiger partial charge in [-0.15, -0.1) is 11.6 Å². The Morgan fingerprint density at radius 3 is 2.92 bits per heavy atom. The lowest BCUT2D eigenvalue weighted by Gasteiger charge is -1.97. The van der Waals surface area contributed by atoms with Crippen molar-refractivity contribution in [1.82, 2.24) is 9.97 Å². The molecule has 1 aromatic rings. The van der Waals surface area contributed by atoms with Gasteiger partial charge in [0.2, 0.25) is 5.88 Å². The van der Waals surface area contributed by atoms with E-state index >= 15 is 0 Å². The Balaban J connectivity index is 2.82. The van der Waals surface area contributed by atoms with Gasteiger partial charge in [0.15, 0.2) is 5.69 Å². The van der Waals surface area contributed by atoms with E-state index in [0.29, 0.717) is 23.9 Å². The first-order chi connectivity index (χ1) is 6.38. The summed E-state index contributed by atoms with van der Waals surface area (Å²) >= 11 is 5.47. The maximum absolute atomic E-state index is 5.47. The Labute approximate surface area is 82.1 Å². The van der Waals surface area contributed by atoms with Crippen molar-refractivity contribution < 1.29 is 4.74 Å². The minimum absolute atomic E-state index is 0.449. The van der Waals surface area contributed by atoms with Crippen LogP contribution in [0.4, 0.5) is 0 Å². The lowest BCUT2D eigenvalue weighted by atomic mass is 10.4. The van der Waals surface area contributed by atoms with Gasteiger partial charge in [0.05, 0.1) is 7.11 Å². The summed E-state index contributed by atoms with van der Waals surface area (Å²) in [6, 6.07) is 0. The van der Waals surface area contributed by atoms with E-state index in [0.717, 1.165) is 0 Å². The number of ether oxygens (including phenoxy) is 1. The summed E-state index contributed by atoms with van der Waals surface area (Å²) in [4.78, 5) is 7.97. The maximum atomic E-state index is 5.47. The number of rotatable bonds is 2. The first-order valence-electron chi connectivity index (χ1n) is 3.78. The molecule has 0 N–H and O–H groups in total. The van der Waals surface area contributed by atoms with E-state index < -0.39 is 0 Å². The minimum atomic E-state index is 0.449. The monoisotopic (exact) mass is 196 g/mol. The standard InChI is InChI=1S/C9H9ClN2O/c1-13-9-8(4-2-3-5-10)11-6-7-12-9/h6-7H,3,5H2,1H3. The Morgan fingerprint density at radius 1 is 1.46 bits per heavy atom. The van der Waals surface area contributed by atoms with Crippen molar-refractivity contribution in [3.05, 3.63) is 18.1 Å². The molecule has 0 fully saturated rings. The SMILES string of the molecule is COc1nccnc1C#CCCCl. The molecule has 68 valence electrons. The third-order valence-corrected chi connectivity index (χ3v) is 1.47. The second-order valence-corrected chi connectivity index (χ2v) is 2.53. The zero-order chi connectivity index (χ0) is 9.52. The van der Waals surface area contributed by atoms with Gasteiger partial charge in [-0.3, -0.25) is 0 Å². The summed E-state index contributed by atoms with van der Waals surface area (Å²) in [6.45, 7) is 0. The zero-order valence-electron chi connectivity index (χ0n) is 7.25. The molecule has 1 heterocycles. The molecular formula is C9H9ClN2O. The van der Waals surface area contributed by atoms with E-state index in [-0.39, 0.29) is 0 Å². The predicted molar refractivity (Wildman–Crippen MR) is 50.8 cm³/mol. The molecule has 0 aromatic carbocycles. The van der Waals surface area contributed by atoms with Crippen LogP contribution in [0.2, 0.25) is 0 Å². The number of aromatic nitrogens is 2. The first kappa shape index (κ1) is 9.82. The van der Waals surface area contributed by atoms with Gasteiger partial charge >= 0.3 is 0 Å². The summed E-state index contributed by atoms with van der Waals surface area (Å²) in [5, 5.41) is 0. The van der Waals surface area contributed by atoms with Gasteiger partial charge < -0.3 is 4.74 Å². The molecule has 0 aliphatic heterocycles. The third-order valence-electron chi connectivity index (χ3n) is 1.28. The second-order valence-electron chi connectivity index (χ2n) is 2.15. The zero-order valence-corrected chi connectivity index (χ0v) is 8.01. The molecule has 13 heavy (non-hydrogen) atoms. The van der Waals surface area contributed by atoms with Crippen LogP contribution in [0, 0.1) is 11.8 Å². The summed E-state index contributed by atoms with van der Waals surface area (Å²) in [5.74, 6) is 6.67. The summed E-state index contributed by atoms with van der Waals surface area (Å²) < 4.78 is 4.97. The number of alkyl halides is 1. The third kappa shape index (κ3) is 2.92. The van der Waals surface area contributed by atoms with Gasteiger partial charge in [0, 0.05) is 24.7 Å². The summed E-state index contributed by atoms with van der Waals surface area (Å²) in [5.41, 5.74) is 0.551. The van der Waals surface area contributed by atoms with Crippen LogP contribution in [0.3, 0.4) is 0 Å². The number of hydrogen-bond donors (Lipinski definition) is 0. The quantitative estimate of drug-likeness (QED) is 0.531. The molecule has 0 saturated heterocycles. The fourth-order valence-corrected chi connectivity index (χ4v) is 0.848. The highest BCUT2D eigenvalue weighted by atomic mass is 35.5. The molecule has 0 spiro atoms. The Hall–Kier alpha value is -1.27. The number of halogens is 1. The topological polar surface area (TPSA) is 35.0 Å². The van der Waals surface area contributed by atoms with E-state index in [2.05, 4.69) is 21.8 Å². The molecular weight excluding hydrogens is 188 g/mol.